The zero-order chi connectivity index (χ0) is 20.5. The minimum Gasteiger partial charge on any atom is -0.508 e. The van der Waals surface area contributed by atoms with Gasteiger partial charge in [-0.2, -0.15) is 13.2 Å². The van der Waals surface area contributed by atoms with Gasteiger partial charge >= 0.3 is 6.18 Å². The van der Waals surface area contributed by atoms with Gasteiger partial charge in [0, 0.05) is 19.2 Å². The molecule has 0 radical (unpaired) electrons. The average molecular weight is 393 g/mol. The number of nitrogens with zero attached hydrogens (tertiary/aromatic N) is 1. The van der Waals surface area contributed by atoms with Crippen LogP contribution < -0.4 is 0 Å². The second-order valence-electron chi connectivity index (χ2n) is 7.14. The molecule has 1 unspecified atom stereocenters. The third-order valence-corrected chi connectivity index (χ3v) is 5.10. The Bertz CT molecular complexity index is 836. The first-order valence-electron chi connectivity index (χ1n) is 9.00. The van der Waals surface area contributed by atoms with Crippen molar-refractivity contribution in [3.63, 3.8) is 0 Å². The van der Waals surface area contributed by atoms with Crippen molar-refractivity contribution >= 4 is 5.91 Å². The molecule has 3 rings (SSSR count). The van der Waals surface area contributed by atoms with Crippen LogP contribution >= 0.6 is 0 Å². The van der Waals surface area contributed by atoms with Crippen LogP contribution in [0, 0.1) is 5.92 Å². The smallest absolute Gasteiger partial charge is 0.416 e. The molecule has 1 amide bonds. The number of phenols is 1. The van der Waals surface area contributed by atoms with Gasteiger partial charge in [0.25, 0.3) is 5.91 Å². The molecule has 0 spiro atoms. The van der Waals surface area contributed by atoms with Crippen LogP contribution in [-0.2, 0) is 15.7 Å². The van der Waals surface area contributed by atoms with E-state index in [1.165, 1.54) is 25.3 Å². The van der Waals surface area contributed by atoms with Gasteiger partial charge in [0.2, 0.25) is 0 Å². The van der Waals surface area contributed by atoms with Gasteiger partial charge in [-0.25, -0.2) is 0 Å². The van der Waals surface area contributed by atoms with Gasteiger partial charge in [-0.1, -0.05) is 37.3 Å². The summed E-state index contributed by atoms with van der Waals surface area (Å²) in [5.74, 6) is -0.169. The van der Waals surface area contributed by atoms with E-state index < -0.39 is 17.8 Å². The lowest BCUT2D eigenvalue weighted by Crippen LogP contribution is -2.36. The van der Waals surface area contributed by atoms with Crippen LogP contribution in [0.5, 0.6) is 5.75 Å². The number of alkyl halides is 3. The molecule has 3 atom stereocenters. The molecule has 2 aromatic carbocycles. The molecular weight excluding hydrogens is 371 g/mol. The molecule has 0 saturated carbocycles. The summed E-state index contributed by atoms with van der Waals surface area (Å²) in [6.07, 6.45) is -4.74. The van der Waals surface area contributed by atoms with Crippen LogP contribution in [0.4, 0.5) is 13.2 Å². The Labute approximate surface area is 161 Å². The summed E-state index contributed by atoms with van der Waals surface area (Å²) >= 11 is 0. The van der Waals surface area contributed by atoms with E-state index in [0.29, 0.717) is 24.1 Å². The lowest BCUT2D eigenvalue weighted by Gasteiger charge is -2.29. The van der Waals surface area contributed by atoms with Crippen LogP contribution in [0.3, 0.4) is 0 Å². The molecule has 1 saturated heterocycles. The van der Waals surface area contributed by atoms with E-state index in [4.69, 9.17) is 4.74 Å². The van der Waals surface area contributed by atoms with Crippen molar-refractivity contribution in [3.05, 3.63) is 65.2 Å². The van der Waals surface area contributed by atoms with Gasteiger partial charge < -0.3 is 14.7 Å². The van der Waals surface area contributed by atoms with E-state index in [-0.39, 0.29) is 23.6 Å². The second-order valence-corrected chi connectivity index (χ2v) is 7.14. The Morgan fingerprint density at radius 3 is 2.39 bits per heavy atom. The highest BCUT2D eigenvalue weighted by molar-refractivity contribution is 5.84. The number of methoxy groups -OCH3 is 1. The highest BCUT2D eigenvalue weighted by Crippen LogP contribution is 2.39. The summed E-state index contributed by atoms with van der Waals surface area (Å²) in [6, 6.07) is 11.0. The first kappa shape index (κ1) is 20.2. The predicted octanol–water partition coefficient (Wildman–Crippen LogP) is 4.71. The summed E-state index contributed by atoms with van der Waals surface area (Å²) in [6.45, 7) is 2.46. The van der Waals surface area contributed by atoms with Crippen molar-refractivity contribution in [2.75, 3.05) is 13.7 Å². The highest BCUT2D eigenvalue weighted by Gasteiger charge is 2.39. The molecule has 4 nitrogen and oxygen atoms in total. The molecule has 1 aliphatic heterocycles. The fourth-order valence-corrected chi connectivity index (χ4v) is 3.72. The van der Waals surface area contributed by atoms with Crippen LogP contribution in [0.15, 0.2) is 48.5 Å². The molecule has 1 N–H and O–H groups in total. The summed E-state index contributed by atoms with van der Waals surface area (Å²) in [7, 11) is 1.39. The normalized spacial score (nSPS) is 21.0. The van der Waals surface area contributed by atoms with Crippen LogP contribution in [0.2, 0.25) is 0 Å². The predicted molar refractivity (Wildman–Crippen MR) is 97.5 cm³/mol. The third-order valence-electron chi connectivity index (χ3n) is 5.10. The van der Waals surface area contributed by atoms with Crippen LogP contribution in [0.1, 0.15) is 42.2 Å². The third kappa shape index (κ3) is 3.99. The number of ether oxygens (including phenoxy) is 1. The van der Waals surface area contributed by atoms with Crippen molar-refractivity contribution in [1.29, 1.82) is 0 Å². The van der Waals surface area contributed by atoms with Gasteiger partial charge in [-0.15, -0.1) is 0 Å². The molecule has 2 aromatic rings. The second kappa shape index (κ2) is 7.83. The van der Waals surface area contributed by atoms with E-state index in [1.807, 2.05) is 6.92 Å². The number of phenolic OH excluding ortho intramolecular Hbond substituents is 1. The Balaban J connectivity index is 1.89. The summed E-state index contributed by atoms with van der Waals surface area (Å²) < 4.78 is 43.9. The van der Waals surface area contributed by atoms with E-state index in [0.717, 1.165) is 12.1 Å². The molecule has 0 aliphatic carbocycles. The lowest BCUT2D eigenvalue weighted by molar-refractivity contribution is -0.143. The number of aromatic hydroxyl groups is 1. The van der Waals surface area contributed by atoms with Crippen LogP contribution in [-0.4, -0.2) is 29.6 Å². The van der Waals surface area contributed by atoms with Crippen molar-refractivity contribution in [2.45, 2.75) is 31.7 Å². The number of likely N-dealkylation sites (tertiary alicyclic amines) is 1. The number of carbonyl (C=O) groups excluding carboxylic acids is 1. The molecule has 1 heterocycles. The Morgan fingerprint density at radius 1 is 1.18 bits per heavy atom. The number of para-hydroxylation sites is 1. The van der Waals surface area contributed by atoms with Gasteiger partial charge in [0.15, 0.2) is 6.10 Å². The van der Waals surface area contributed by atoms with E-state index in [9.17, 15) is 23.1 Å². The standard InChI is InChI=1S/C21H22F3NO3/c1-13-11-17(14-7-9-15(10-8-14)21(22,23)24)25(12-13)20(27)19(28-2)16-5-3-4-6-18(16)26/h3-10,13,17,19,26H,11-12H2,1-2H3/t13-,17-,19?/m0/s1. The monoisotopic (exact) mass is 393 g/mol. The fraction of sp³-hybridized carbons (Fsp3) is 0.381. The summed E-state index contributed by atoms with van der Waals surface area (Å²) in [4.78, 5) is 14.8. The number of hydrogen-bond acceptors (Lipinski definition) is 3. The van der Waals surface area contributed by atoms with E-state index in [2.05, 4.69) is 0 Å². The molecule has 0 aromatic heterocycles. The fourth-order valence-electron chi connectivity index (χ4n) is 3.72. The molecule has 7 heteroatoms. The first-order valence-corrected chi connectivity index (χ1v) is 9.00. The summed E-state index contributed by atoms with van der Waals surface area (Å²) in [5, 5.41) is 10.1. The molecular formula is C21H22F3NO3. The zero-order valence-electron chi connectivity index (χ0n) is 15.6. The molecule has 1 aliphatic rings. The molecule has 150 valence electrons. The maximum absolute atomic E-state index is 13.2. The topological polar surface area (TPSA) is 49.8 Å². The largest absolute Gasteiger partial charge is 0.508 e. The minimum atomic E-state index is -4.40. The van der Waals surface area contributed by atoms with Crippen molar-refractivity contribution in [1.82, 2.24) is 4.90 Å². The SMILES string of the molecule is COC(C(=O)N1C[C@@H](C)C[C@H]1c1ccc(C(F)(F)F)cc1)c1ccccc1O. The number of halogens is 3. The van der Waals surface area contributed by atoms with E-state index >= 15 is 0 Å². The maximum Gasteiger partial charge on any atom is 0.416 e. The minimum absolute atomic E-state index is 0.0407. The van der Waals surface area contributed by atoms with Gasteiger partial charge in [-0.05, 0) is 36.1 Å². The Morgan fingerprint density at radius 2 is 1.82 bits per heavy atom. The molecule has 1 fully saturated rings. The van der Waals surface area contributed by atoms with Gasteiger partial charge in [0.1, 0.15) is 5.75 Å². The number of carbonyl (C=O) groups is 1. The van der Waals surface area contributed by atoms with Crippen molar-refractivity contribution in [2.24, 2.45) is 5.92 Å². The first-order chi connectivity index (χ1) is 13.2. The number of amides is 1. The van der Waals surface area contributed by atoms with E-state index in [1.54, 1.807) is 23.1 Å². The van der Waals surface area contributed by atoms with Gasteiger partial charge in [-0.3, -0.25) is 4.79 Å². The Kier molecular flexibility index (Phi) is 5.65. The number of hydrogen-bond donors (Lipinski definition) is 1. The number of rotatable bonds is 4. The lowest BCUT2D eigenvalue weighted by atomic mass is 9.99. The Hall–Kier alpha value is -2.54. The zero-order valence-corrected chi connectivity index (χ0v) is 15.6. The molecule has 28 heavy (non-hydrogen) atoms. The van der Waals surface area contributed by atoms with Crippen molar-refractivity contribution in [3.8, 4) is 5.75 Å². The summed E-state index contributed by atoms with van der Waals surface area (Å²) in [5.41, 5.74) is 0.294. The van der Waals surface area contributed by atoms with Crippen LogP contribution in [0.25, 0.3) is 0 Å². The van der Waals surface area contributed by atoms with Crippen molar-refractivity contribution < 1.29 is 27.8 Å². The average Bonchev–Trinajstić information content (AvgIpc) is 3.05. The maximum atomic E-state index is 13.2. The quantitative estimate of drug-likeness (QED) is 0.819. The molecule has 0 bridgehead atoms. The number of benzene rings is 2. The highest BCUT2D eigenvalue weighted by atomic mass is 19.4. The van der Waals surface area contributed by atoms with Gasteiger partial charge in [0.05, 0.1) is 11.6 Å².